The van der Waals surface area contributed by atoms with E-state index in [0.717, 1.165) is 12.8 Å². The molecule has 0 aromatic heterocycles. The van der Waals surface area contributed by atoms with Gasteiger partial charge in [0.25, 0.3) is 0 Å². The van der Waals surface area contributed by atoms with Gasteiger partial charge in [0.15, 0.2) is 0 Å². The van der Waals surface area contributed by atoms with Gasteiger partial charge in [-0.15, -0.1) is 0 Å². The highest BCUT2D eigenvalue weighted by Gasteiger charge is 2.51. The maximum atomic E-state index is 13.0. The fourth-order valence-corrected chi connectivity index (χ4v) is 3.32. The molecule has 2 fully saturated rings. The van der Waals surface area contributed by atoms with E-state index >= 15 is 0 Å². The zero-order valence-electron chi connectivity index (χ0n) is 11.5. The third-order valence-electron chi connectivity index (χ3n) is 4.27. The van der Waals surface area contributed by atoms with Crippen molar-refractivity contribution in [3.8, 4) is 0 Å². The first-order valence-corrected chi connectivity index (χ1v) is 7.14. The molecule has 0 spiro atoms. The lowest BCUT2D eigenvalue weighted by molar-refractivity contribution is -0.301. The summed E-state index contributed by atoms with van der Waals surface area (Å²) in [6.45, 7) is 4.60. The molecular formula is C13H23F3N2O. The van der Waals surface area contributed by atoms with Crippen LogP contribution in [0.2, 0.25) is 0 Å². The van der Waals surface area contributed by atoms with Gasteiger partial charge in [-0.2, -0.15) is 13.2 Å². The predicted molar refractivity (Wildman–Crippen MR) is 66.8 cm³/mol. The zero-order chi connectivity index (χ0) is 14.0. The number of nitrogens with zero attached hydrogens (tertiary/aromatic N) is 1. The van der Waals surface area contributed by atoms with Crippen LogP contribution >= 0.6 is 0 Å². The third-order valence-corrected chi connectivity index (χ3v) is 4.27. The van der Waals surface area contributed by atoms with Crippen molar-refractivity contribution in [2.75, 3.05) is 13.2 Å². The highest BCUT2D eigenvalue weighted by molar-refractivity contribution is 4.96. The topological polar surface area (TPSA) is 24.5 Å². The monoisotopic (exact) mass is 280 g/mol. The van der Waals surface area contributed by atoms with Crippen LogP contribution in [0.3, 0.4) is 0 Å². The molecule has 0 saturated carbocycles. The molecule has 2 aliphatic rings. The molecule has 0 radical (unpaired) electrons. The molecule has 2 unspecified atom stereocenters. The highest BCUT2D eigenvalue weighted by atomic mass is 19.4. The Bertz CT molecular complexity index is 280. The Balaban J connectivity index is 2.01. The number of morpholine rings is 1. The van der Waals surface area contributed by atoms with Crippen LogP contribution in [-0.4, -0.2) is 48.6 Å². The average Bonchev–Trinajstić information content (AvgIpc) is 2.33. The number of hydrogen-bond donors (Lipinski definition) is 1. The van der Waals surface area contributed by atoms with Crippen molar-refractivity contribution in [2.24, 2.45) is 0 Å². The quantitative estimate of drug-likeness (QED) is 0.801. The van der Waals surface area contributed by atoms with E-state index < -0.39 is 18.4 Å². The van der Waals surface area contributed by atoms with Gasteiger partial charge in [-0.3, -0.25) is 0 Å². The van der Waals surface area contributed by atoms with Crippen molar-refractivity contribution in [1.82, 2.24) is 10.2 Å². The van der Waals surface area contributed by atoms with Crippen molar-refractivity contribution in [3.63, 3.8) is 0 Å². The van der Waals surface area contributed by atoms with E-state index in [0.29, 0.717) is 23.8 Å². The van der Waals surface area contributed by atoms with Crippen LogP contribution < -0.4 is 5.32 Å². The van der Waals surface area contributed by atoms with Crippen molar-refractivity contribution in [2.45, 2.75) is 70.0 Å². The summed E-state index contributed by atoms with van der Waals surface area (Å²) >= 11 is 0. The number of piperidine rings is 1. The molecule has 3 nitrogen and oxygen atoms in total. The highest BCUT2D eigenvalue weighted by Crippen LogP contribution is 2.36. The lowest BCUT2D eigenvalue weighted by Gasteiger charge is -2.49. The summed E-state index contributed by atoms with van der Waals surface area (Å²) in [5.41, 5.74) is 0. The second-order valence-corrected chi connectivity index (χ2v) is 5.57. The lowest BCUT2D eigenvalue weighted by atomic mass is 9.89. The number of hydrogen-bond acceptors (Lipinski definition) is 3. The summed E-state index contributed by atoms with van der Waals surface area (Å²) in [4.78, 5) is 0.710. The molecular weight excluding hydrogens is 257 g/mol. The predicted octanol–water partition coefficient (Wildman–Crippen LogP) is 2.52. The molecule has 2 rings (SSSR count). The summed E-state index contributed by atoms with van der Waals surface area (Å²) in [5, 5.41) is 3.51. The van der Waals surface area contributed by atoms with E-state index in [2.05, 4.69) is 19.2 Å². The van der Waals surface area contributed by atoms with Crippen LogP contribution in [0.5, 0.6) is 0 Å². The number of fused-ring (bicyclic) bond motifs is 2. The molecule has 1 N–H and O–H groups in total. The van der Waals surface area contributed by atoms with Crippen molar-refractivity contribution in [3.05, 3.63) is 0 Å². The van der Waals surface area contributed by atoms with Gasteiger partial charge >= 0.3 is 6.30 Å². The van der Waals surface area contributed by atoms with Crippen LogP contribution in [0.1, 0.15) is 39.5 Å². The van der Waals surface area contributed by atoms with Gasteiger partial charge in [0.2, 0.25) is 0 Å². The molecule has 2 aliphatic heterocycles. The Morgan fingerprint density at radius 3 is 2.11 bits per heavy atom. The largest absolute Gasteiger partial charge is 0.460 e. The summed E-state index contributed by atoms with van der Waals surface area (Å²) in [6, 6.07) is -0.467. The van der Waals surface area contributed by atoms with E-state index in [-0.39, 0.29) is 19.3 Å². The minimum Gasteiger partial charge on any atom is -0.378 e. The molecule has 0 amide bonds. The summed E-state index contributed by atoms with van der Waals surface area (Å²) in [7, 11) is 0. The smallest absolute Gasteiger partial charge is 0.378 e. The molecule has 0 aromatic carbocycles. The van der Waals surface area contributed by atoms with Crippen molar-refractivity contribution < 1.29 is 17.9 Å². The number of alkyl halides is 3. The Labute approximate surface area is 112 Å². The van der Waals surface area contributed by atoms with Gasteiger partial charge in [0.05, 0.1) is 13.2 Å². The van der Waals surface area contributed by atoms with Gasteiger partial charge in [-0.05, 0) is 25.7 Å². The van der Waals surface area contributed by atoms with Crippen molar-refractivity contribution >= 4 is 0 Å². The molecule has 0 aromatic rings. The molecule has 2 heterocycles. The Kier molecular flexibility index (Phi) is 4.74. The van der Waals surface area contributed by atoms with E-state index in [9.17, 15) is 13.2 Å². The van der Waals surface area contributed by atoms with E-state index in [1.165, 1.54) is 0 Å². The number of halogens is 3. The van der Waals surface area contributed by atoms with E-state index in [4.69, 9.17) is 4.74 Å². The summed E-state index contributed by atoms with van der Waals surface area (Å²) < 4.78 is 44.4. The standard InChI is InChI=1S/C13H23F3N2O/c1-3-9(4-2)17-10-5-11-7-19-8-12(6-10)18(11)13(14,15)16/h9-12,17H,3-8H2,1-2H3. The molecule has 0 aliphatic carbocycles. The SMILES string of the molecule is CCC(CC)NC1CC2COCC(C1)N2C(F)(F)F. The van der Waals surface area contributed by atoms with E-state index in [1.54, 1.807) is 0 Å². The molecule has 2 saturated heterocycles. The first kappa shape index (κ1) is 15.1. The Morgan fingerprint density at radius 1 is 1.16 bits per heavy atom. The van der Waals surface area contributed by atoms with Gasteiger partial charge in [-0.25, -0.2) is 4.90 Å². The number of rotatable bonds is 4. The minimum atomic E-state index is -4.24. The molecule has 6 heteroatoms. The Hall–Kier alpha value is -0.330. The molecule has 2 atom stereocenters. The zero-order valence-corrected chi connectivity index (χ0v) is 11.5. The summed E-state index contributed by atoms with van der Waals surface area (Å²) in [5.74, 6) is 0. The average molecular weight is 280 g/mol. The van der Waals surface area contributed by atoms with Crippen LogP contribution in [0.4, 0.5) is 13.2 Å². The van der Waals surface area contributed by atoms with Crippen molar-refractivity contribution in [1.29, 1.82) is 0 Å². The van der Waals surface area contributed by atoms with Crippen LogP contribution in [0, 0.1) is 0 Å². The van der Waals surface area contributed by atoms with Gasteiger partial charge in [0, 0.05) is 24.2 Å². The first-order chi connectivity index (χ1) is 8.95. The van der Waals surface area contributed by atoms with Crippen LogP contribution in [0.25, 0.3) is 0 Å². The minimum absolute atomic E-state index is 0.183. The second kappa shape index (κ2) is 5.97. The Morgan fingerprint density at radius 2 is 1.68 bits per heavy atom. The molecule has 2 bridgehead atoms. The molecule has 112 valence electrons. The fourth-order valence-electron chi connectivity index (χ4n) is 3.32. The van der Waals surface area contributed by atoms with Gasteiger partial charge in [-0.1, -0.05) is 13.8 Å². The van der Waals surface area contributed by atoms with E-state index in [1.807, 2.05) is 0 Å². The van der Waals surface area contributed by atoms with Gasteiger partial charge in [0.1, 0.15) is 0 Å². The molecule has 19 heavy (non-hydrogen) atoms. The normalized spacial score (nSPS) is 32.8. The third kappa shape index (κ3) is 3.41. The maximum Gasteiger partial charge on any atom is 0.460 e. The van der Waals surface area contributed by atoms with Gasteiger partial charge < -0.3 is 10.1 Å². The number of ether oxygens (including phenoxy) is 1. The van der Waals surface area contributed by atoms with Crippen LogP contribution in [-0.2, 0) is 4.74 Å². The second-order valence-electron chi connectivity index (χ2n) is 5.57. The maximum absolute atomic E-state index is 13.0. The summed E-state index contributed by atoms with van der Waals surface area (Å²) in [6.07, 6.45) is -1.17. The lowest BCUT2D eigenvalue weighted by Crippen LogP contribution is -2.64. The fraction of sp³-hybridized carbons (Fsp3) is 1.00. The van der Waals surface area contributed by atoms with Crippen LogP contribution in [0.15, 0.2) is 0 Å². The first-order valence-electron chi connectivity index (χ1n) is 7.14. The number of nitrogens with one attached hydrogen (secondary N) is 1.